The van der Waals surface area contributed by atoms with E-state index < -0.39 is 0 Å². The van der Waals surface area contributed by atoms with E-state index in [0.29, 0.717) is 5.75 Å². The first-order valence-corrected chi connectivity index (χ1v) is 8.82. The summed E-state index contributed by atoms with van der Waals surface area (Å²) in [5.74, 6) is 1.31. The van der Waals surface area contributed by atoms with Gasteiger partial charge in [0, 0.05) is 53.0 Å². The van der Waals surface area contributed by atoms with Crippen molar-refractivity contribution in [3.8, 4) is 5.75 Å². The van der Waals surface area contributed by atoms with Crippen molar-refractivity contribution in [2.75, 3.05) is 57.9 Å². The van der Waals surface area contributed by atoms with Crippen LogP contribution in [-0.2, 0) is 4.74 Å². The number of aliphatic imine (C=N–C) groups is 1. The number of para-hydroxylation sites is 2. The van der Waals surface area contributed by atoms with Crippen LogP contribution < -0.4 is 10.2 Å². The Bertz CT molecular complexity index is 520. The number of phenolic OH excluding ortho intramolecular Hbond substituents is 1. The van der Waals surface area contributed by atoms with E-state index in [0.717, 1.165) is 70.4 Å². The summed E-state index contributed by atoms with van der Waals surface area (Å²) < 4.78 is 5.35. The first kappa shape index (κ1) is 21.8. The van der Waals surface area contributed by atoms with E-state index in [2.05, 4.69) is 20.1 Å². The fourth-order valence-corrected chi connectivity index (χ4v) is 2.90. The number of ether oxygens (including phenoxy) is 1. The number of hydrogen-bond acceptors (Lipinski definition) is 4. The van der Waals surface area contributed by atoms with Gasteiger partial charge in [-0.3, -0.25) is 4.99 Å². The van der Waals surface area contributed by atoms with Crippen LogP contribution in [0.3, 0.4) is 0 Å². The molecule has 1 aliphatic rings. The average molecular weight is 462 g/mol. The zero-order chi connectivity index (χ0) is 17.2. The van der Waals surface area contributed by atoms with Crippen LogP contribution in [0.2, 0.25) is 0 Å². The van der Waals surface area contributed by atoms with Crippen LogP contribution >= 0.6 is 24.0 Å². The Morgan fingerprint density at radius 2 is 1.92 bits per heavy atom. The van der Waals surface area contributed by atoms with Crippen LogP contribution in [0.1, 0.15) is 19.8 Å². The van der Waals surface area contributed by atoms with Crippen LogP contribution in [0.4, 0.5) is 5.69 Å². The van der Waals surface area contributed by atoms with Crippen molar-refractivity contribution in [3.63, 3.8) is 0 Å². The van der Waals surface area contributed by atoms with E-state index in [1.54, 1.807) is 6.07 Å². The van der Waals surface area contributed by atoms with E-state index in [1.807, 2.05) is 32.2 Å². The zero-order valence-electron chi connectivity index (χ0n) is 15.3. The number of unbranched alkanes of at least 4 members (excludes halogenated alkanes) is 1. The lowest BCUT2D eigenvalue weighted by atomic mass is 10.2. The maximum atomic E-state index is 9.99. The minimum absolute atomic E-state index is 0. The highest BCUT2D eigenvalue weighted by atomic mass is 127. The van der Waals surface area contributed by atoms with Gasteiger partial charge in [-0.2, -0.15) is 0 Å². The SMILES string of the molecule is CCOCCCCNC(=NC)N1CCN(c2ccccc2O)CC1.I. The first-order chi connectivity index (χ1) is 11.8. The number of rotatable bonds is 7. The molecule has 25 heavy (non-hydrogen) atoms. The summed E-state index contributed by atoms with van der Waals surface area (Å²) in [6, 6.07) is 7.53. The van der Waals surface area contributed by atoms with Gasteiger partial charge in [0.05, 0.1) is 5.69 Å². The second-order valence-corrected chi connectivity index (χ2v) is 5.84. The fraction of sp³-hybridized carbons (Fsp3) is 0.611. The molecule has 1 saturated heterocycles. The average Bonchev–Trinajstić information content (AvgIpc) is 2.62. The molecule has 0 aromatic heterocycles. The van der Waals surface area contributed by atoms with E-state index in [4.69, 9.17) is 4.74 Å². The molecule has 0 radical (unpaired) electrons. The number of phenols is 1. The number of halogens is 1. The molecule has 2 rings (SSSR count). The molecule has 0 aliphatic carbocycles. The van der Waals surface area contributed by atoms with Crippen molar-refractivity contribution in [1.82, 2.24) is 10.2 Å². The predicted octanol–water partition coefficient (Wildman–Crippen LogP) is 2.52. The Labute approximate surface area is 168 Å². The standard InChI is InChI=1S/C18H30N4O2.HI/c1-3-24-15-7-6-10-20-18(19-2)22-13-11-21(12-14-22)16-8-4-5-9-17(16)23;/h4-5,8-9,23H,3,6-7,10-15H2,1-2H3,(H,19,20);1H. The number of piperazine rings is 1. The van der Waals surface area contributed by atoms with Gasteiger partial charge in [0.2, 0.25) is 0 Å². The molecule has 0 bridgehead atoms. The highest BCUT2D eigenvalue weighted by Crippen LogP contribution is 2.27. The van der Waals surface area contributed by atoms with Gasteiger partial charge >= 0.3 is 0 Å². The molecule has 1 heterocycles. The lowest BCUT2D eigenvalue weighted by Gasteiger charge is -2.37. The third-order valence-electron chi connectivity index (χ3n) is 4.22. The minimum atomic E-state index is 0. The summed E-state index contributed by atoms with van der Waals surface area (Å²) in [6.45, 7) is 8.10. The minimum Gasteiger partial charge on any atom is -0.506 e. The van der Waals surface area contributed by atoms with Crippen molar-refractivity contribution in [2.45, 2.75) is 19.8 Å². The third kappa shape index (κ3) is 6.89. The summed E-state index contributed by atoms with van der Waals surface area (Å²) >= 11 is 0. The third-order valence-corrected chi connectivity index (χ3v) is 4.22. The van der Waals surface area contributed by atoms with E-state index in [-0.39, 0.29) is 24.0 Å². The zero-order valence-corrected chi connectivity index (χ0v) is 17.6. The number of nitrogens with one attached hydrogen (secondary N) is 1. The summed E-state index contributed by atoms with van der Waals surface area (Å²) in [7, 11) is 1.83. The molecular formula is C18H31IN4O2. The van der Waals surface area contributed by atoms with Gasteiger partial charge in [0.15, 0.2) is 5.96 Å². The second kappa shape index (κ2) is 12.2. The molecule has 7 heteroatoms. The summed E-state index contributed by atoms with van der Waals surface area (Å²) in [6.07, 6.45) is 2.15. The smallest absolute Gasteiger partial charge is 0.193 e. The Kier molecular flexibility index (Phi) is 10.6. The Hall–Kier alpha value is -1.22. The lowest BCUT2D eigenvalue weighted by Crippen LogP contribution is -2.52. The molecule has 0 spiro atoms. The molecular weight excluding hydrogens is 431 g/mol. The van der Waals surface area contributed by atoms with Crippen molar-refractivity contribution >= 4 is 35.6 Å². The quantitative estimate of drug-likeness (QED) is 0.282. The van der Waals surface area contributed by atoms with Crippen molar-refractivity contribution in [3.05, 3.63) is 24.3 Å². The Morgan fingerprint density at radius 3 is 2.56 bits per heavy atom. The molecule has 2 N–H and O–H groups in total. The Morgan fingerprint density at radius 1 is 1.20 bits per heavy atom. The number of anilines is 1. The maximum Gasteiger partial charge on any atom is 0.193 e. The number of guanidine groups is 1. The van der Waals surface area contributed by atoms with Gasteiger partial charge in [0.1, 0.15) is 5.75 Å². The van der Waals surface area contributed by atoms with Crippen LogP contribution in [-0.4, -0.2) is 69.0 Å². The van der Waals surface area contributed by atoms with Crippen LogP contribution in [0.25, 0.3) is 0 Å². The highest BCUT2D eigenvalue weighted by Gasteiger charge is 2.20. The molecule has 0 unspecified atom stereocenters. The molecule has 0 saturated carbocycles. The Balaban J connectivity index is 0.00000312. The van der Waals surface area contributed by atoms with E-state index in [1.165, 1.54) is 0 Å². The number of benzene rings is 1. The fourth-order valence-electron chi connectivity index (χ4n) is 2.90. The molecule has 1 fully saturated rings. The molecule has 0 atom stereocenters. The van der Waals surface area contributed by atoms with Crippen molar-refractivity contribution < 1.29 is 9.84 Å². The number of nitrogens with zero attached hydrogens (tertiary/aromatic N) is 3. The summed E-state index contributed by atoms with van der Waals surface area (Å²) in [5, 5.41) is 13.4. The predicted molar refractivity (Wildman–Crippen MR) is 114 cm³/mol. The highest BCUT2D eigenvalue weighted by molar-refractivity contribution is 14.0. The molecule has 1 aromatic rings. The second-order valence-electron chi connectivity index (χ2n) is 5.84. The first-order valence-electron chi connectivity index (χ1n) is 8.82. The van der Waals surface area contributed by atoms with Gasteiger partial charge in [0.25, 0.3) is 0 Å². The van der Waals surface area contributed by atoms with E-state index in [9.17, 15) is 5.11 Å². The van der Waals surface area contributed by atoms with Gasteiger partial charge in [-0.1, -0.05) is 12.1 Å². The monoisotopic (exact) mass is 462 g/mol. The van der Waals surface area contributed by atoms with E-state index >= 15 is 0 Å². The summed E-state index contributed by atoms with van der Waals surface area (Å²) in [4.78, 5) is 8.89. The molecule has 0 amide bonds. The largest absolute Gasteiger partial charge is 0.506 e. The molecule has 1 aliphatic heterocycles. The molecule has 6 nitrogen and oxygen atoms in total. The molecule has 1 aromatic carbocycles. The topological polar surface area (TPSA) is 60.3 Å². The van der Waals surface area contributed by atoms with Gasteiger partial charge in [-0.15, -0.1) is 24.0 Å². The normalized spacial score (nSPS) is 15.0. The van der Waals surface area contributed by atoms with Crippen LogP contribution in [0.5, 0.6) is 5.75 Å². The number of aromatic hydroxyl groups is 1. The summed E-state index contributed by atoms with van der Waals surface area (Å²) in [5.41, 5.74) is 0.913. The van der Waals surface area contributed by atoms with Crippen LogP contribution in [0, 0.1) is 0 Å². The van der Waals surface area contributed by atoms with Gasteiger partial charge in [-0.25, -0.2) is 0 Å². The van der Waals surface area contributed by atoms with Crippen molar-refractivity contribution in [1.29, 1.82) is 0 Å². The van der Waals surface area contributed by atoms with Crippen LogP contribution in [0.15, 0.2) is 29.3 Å². The maximum absolute atomic E-state index is 9.99. The number of hydrogen-bond donors (Lipinski definition) is 2. The van der Waals surface area contributed by atoms with Gasteiger partial charge < -0.3 is 25.0 Å². The molecule has 142 valence electrons. The van der Waals surface area contributed by atoms with Crippen molar-refractivity contribution in [2.24, 2.45) is 4.99 Å². The van der Waals surface area contributed by atoms with Gasteiger partial charge in [-0.05, 0) is 31.9 Å². The lowest BCUT2D eigenvalue weighted by molar-refractivity contribution is 0.143.